The van der Waals surface area contributed by atoms with E-state index in [4.69, 9.17) is 9.47 Å². The van der Waals surface area contributed by atoms with Crippen molar-refractivity contribution < 1.29 is 19.1 Å². The lowest BCUT2D eigenvalue weighted by Crippen LogP contribution is -2.35. The van der Waals surface area contributed by atoms with E-state index in [1.54, 1.807) is 31.3 Å². The third-order valence-electron chi connectivity index (χ3n) is 4.27. The number of hydrogen-bond acceptors (Lipinski definition) is 6. The number of amidine groups is 1. The molecule has 1 N–H and O–H groups in total. The van der Waals surface area contributed by atoms with Crippen LogP contribution in [0.4, 0.5) is 11.4 Å². The van der Waals surface area contributed by atoms with Crippen molar-refractivity contribution in [3.8, 4) is 5.75 Å². The fourth-order valence-electron chi connectivity index (χ4n) is 2.84. The van der Waals surface area contributed by atoms with Crippen molar-refractivity contribution in [3.05, 3.63) is 54.6 Å². The summed E-state index contributed by atoms with van der Waals surface area (Å²) in [5, 5.41) is 2.86. The minimum Gasteiger partial charge on any atom is -0.495 e. The van der Waals surface area contributed by atoms with Gasteiger partial charge in [-0.05, 0) is 24.3 Å². The number of benzene rings is 2. The maximum absolute atomic E-state index is 12.9. The molecule has 0 unspecified atom stereocenters. The topological polar surface area (TPSA) is 80.2 Å². The summed E-state index contributed by atoms with van der Waals surface area (Å²) < 4.78 is 10.4. The van der Waals surface area contributed by atoms with E-state index in [-0.39, 0.29) is 18.2 Å². The van der Waals surface area contributed by atoms with Gasteiger partial charge in [-0.15, -0.1) is 0 Å². The lowest BCUT2D eigenvalue weighted by molar-refractivity contribution is -0.128. The second-order valence-corrected chi connectivity index (χ2v) is 7.44. The molecule has 0 saturated carbocycles. The van der Waals surface area contributed by atoms with Crippen molar-refractivity contribution >= 4 is 40.1 Å². The number of nitrogens with one attached hydrogen (secondary N) is 1. The number of ether oxygens (including phenoxy) is 2. The fraction of sp³-hybridized carbons (Fsp3) is 0.286. The second-order valence-electron chi connectivity index (χ2n) is 6.27. The third-order valence-corrected chi connectivity index (χ3v) is 5.45. The highest BCUT2D eigenvalue weighted by Gasteiger charge is 2.39. The number of amides is 2. The van der Waals surface area contributed by atoms with Crippen LogP contribution in [0.25, 0.3) is 0 Å². The minimum absolute atomic E-state index is 0.0405. The molecule has 2 aromatic carbocycles. The van der Waals surface area contributed by atoms with Gasteiger partial charge in [-0.1, -0.05) is 42.1 Å². The van der Waals surface area contributed by atoms with E-state index in [9.17, 15) is 9.59 Å². The number of hydrogen-bond donors (Lipinski definition) is 1. The number of nitrogens with zero attached hydrogens (tertiary/aromatic N) is 2. The van der Waals surface area contributed by atoms with Gasteiger partial charge in [0.25, 0.3) is 0 Å². The molecule has 0 aliphatic carbocycles. The Morgan fingerprint density at radius 2 is 1.86 bits per heavy atom. The number of carbonyl (C=O) groups excluding carboxylic acids is 2. The van der Waals surface area contributed by atoms with Gasteiger partial charge >= 0.3 is 0 Å². The molecule has 1 saturated heterocycles. The quantitative estimate of drug-likeness (QED) is 0.718. The van der Waals surface area contributed by atoms with E-state index < -0.39 is 5.25 Å². The molecule has 0 spiro atoms. The molecule has 3 rings (SSSR count). The Balaban J connectivity index is 1.73. The normalized spacial score (nSPS) is 17.6. The van der Waals surface area contributed by atoms with Crippen molar-refractivity contribution in [3.63, 3.8) is 0 Å². The van der Waals surface area contributed by atoms with E-state index in [0.29, 0.717) is 29.8 Å². The molecule has 1 atom stereocenters. The number of anilines is 1. The zero-order valence-corrected chi connectivity index (χ0v) is 17.1. The molecule has 7 nitrogen and oxygen atoms in total. The van der Waals surface area contributed by atoms with Gasteiger partial charge in [0.05, 0.1) is 31.6 Å². The van der Waals surface area contributed by atoms with Gasteiger partial charge in [0, 0.05) is 13.5 Å². The van der Waals surface area contributed by atoms with Crippen LogP contribution in [-0.4, -0.2) is 54.5 Å². The average molecular weight is 413 g/mol. The molecule has 2 aromatic rings. The molecule has 8 heteroatoms. The number of aliphatic imine (C=N–C) groups is 1. The summed E-state index contributed by atoms with van der Waals surface area (Å²) in [5.74, 6) is 0.171. The highest BCUT2D eigenvalue weighted by molar-refractivity contribution is 8.15. The van der Waals surface area contributed by atoms with Crippen molar-refractivity contribution in [2.24, 2.45) is 4.99 Å². The lowest BCUT2D eigenvalue weighted by Gasteiger charge is -2.15. The van der Waals surface area contributed by atoms with Crippen molar-refractivity contribution in [2.75, 3.05) is 32.7 Å². The van der Waals surface area contributed by atoms with Crippen molar-refractivity contribution in [1.82, 2.24) is 4.90 Å². The van der Waals surface area contributed by atoms with Crippen LogP contribution >= 0.6 is 11.8 Å². The van der Waals surface area contributed by atoms with E-state index in [0.717, 1.165) is 5.69 Å². The van der Waals surface area contributed by atoms with Crippen LogP contribution in [0.5, 0.6) is 5.75 Å². The Morgan fingerprint density at radius 1 is 1.14 bits per heavy atom. The molecule has 0 aromatic heterocycles. The molecule has 1 fully saturated rings. The third kappa shape index (κ3) is 5.36. The summed E-state index contributed by atoms with van der Waals surface area (Å²) in [7, 11) is 3.13. The summed E-state index contributed by atoms with van der Waals surface area (Å²) in [5.41, 5.74) is 1.33. The van der Waals surface area contributed by atoms with E-state index in [2.05, 4.69) is 10.3 Å². The van der Waals surface area contributed by atoms with Crippen LogP contribution in [0, 0.1) is 0 Å². The second kappa shape index (κ2) is 10.1. The zero-order chi connectivity index (χ0) is 20.6. The van der Waals surface area contributed by atoms with Crippen LogP contribution in [0.2, 0.25) is 0 Å². The standard InChI is InChI=1S/C21H23N3O4S/c1-27-13-12-24-20(26)18(29-21(24)22-15-8-4-3-5-9-15)14-19(25)23-16-10-6-7-11-17(16)28-2/h3-11,18H,12-14H2,1-2H3,(H,23,25)/t18-/m0/s1. The number of para-hydroxylation sites is 3. The fourth-order valence-corrected chi connectivity index (χ4v) is 4.03. The van der Waals surface area contributed by atoms with Gasteiger partial charge < -0.3 is 14.8 Å². The predicted molar refractivity (Wildman–Crippen MR) is 115 cm³/mol. The highest BCUT2D eigenvalue weighted by atomic mass is 32.2. The van der Waals surface area contributed by atoms with E-state index in [1.807, 2.05) is 42.5 Å². The molecule has 0 bridgehead atoms. The Morgan fingerprint density at radius 3 is 2.59 bits per heavy atom. The average Bonchev–Trinajstić information content (AvgIpc) is 3.01. The van der Waals surface area contributed by atoms with Crippen LogP contribution in [-0.2, 0) is 14.3 Å². The maximum Gasteiger partial charge on any atom is 0.242 e. The molecule has 29 heavy (non-hydrogen) atoms. The molecule has 152 valence electrons. The van der Waals surface area contributed by atoms with Crippen molar-refractivity contribution in [1.29, 1.82) is 0 Å². The lowest BCUT2D eigenvalue weighted by atomic mass is 10.2. The van der Waals surface area contributed by atoms with Gasteiger partial charge in [-0.25, -0.2) is 4.99 Å². The van der Waals surface area contributed by atoms with Gasteiger partial charge in [0.1, 0.15) is 11.0 Å². The predicted octanol–water partition coefficient (Wildman–Crippen LogP) is 3.30. The number of carbonyl (C=O) groups is 2. The molecule has 2 amide bonds. The molecule has 0 radical (unpaired) electrons. The Labute approximate surface area is 174 Å². The van der Waals surface area contributed by atoms with Gasteiger partial charge in [0.2, 0.25) is 11.8 Å². The number of thioether (sulfide) groups is 1. The summed E-state index contributed by atoms with van der Waals surface area (Å²) in [6, 6.07) is 16.6. The van der Waals surface area contributed by atoms with Crippen molar-refractivity contribution in [2.45, 2.75) is 11.7 Å². The highest BCUT2D eigenvalue weighted by Crippen LogP contribution is 2.32. The Kier molecular flexibility index (Phi) is 7.26. The zero-order valence-electron chi connectivity index (χ0n) is 16.3. The van der Waals surface area contributed by atoms with Gasteiger partial charge in [-0.2, -0.15) is 0 Å². The largest absolute Gasteiger partial charge is 0.495 e. The molecular weight excluding hydrogens is 390 g/mol. The first-order valence-electron chi connectivity index (χ1n) is 9.16. The van der Waals surface area contributed by atoms with Gasteiger partial charge in [-0.3, -0.25) is 14.5 Å². The van der Waals surface area contributed by atoms with Gasteiger partial charge in [0.15, 0.2) is 5.17 Å². The first-order chi connectivity index (χ1) is 14.1. The smallest absolute Gasteiger partial charge is 0.242 e. The summed E-state index contributed by atoms with van der Waals surface area (Å²) in [6.07, 6.45) is 0.0405. The van der Waals surface area contributed by atoms with E-state index >= 15 is 0 Å². The summed E-state index contributed by atoms with van der Waals surface area (Å²) in [6.45, 7) is 0.777. The number of rotatable bonds is 8. The molecule has 1 aliphatic heterocycles. The monoisotopic (exact) mass is 413 g/mol. The SMILES string of the molecule is COCCN1C(=O)[C@H](CC(=O)Nc2ccccc2OC)SC1=Nc1ccccc1. The summed E-state index contributed by atoms with van der Waals surface area (Å²) >= 11 is 1.30. The molecular formula is C21H23N3O4S. The minimum atomic E-state index is -0.538. The van der Waals surface area contributed by atoms with Crippen LogP contribution in [0.1, 0.15) is 6.42 Å². The first-order valence-corrected chi connectivity index (χ1v) is 10.0. The number of methoxy groups -OCH3 is 2. The molecule has 1 heterocycles. The Bertz CT molecular complexity index is 889. The van der Waals surface area contributed by atoms with Crippen LogP contribution in [0.3, 0.4) is 0 Å². The van der Waals surface area contributed by atoms with Crippen LogP contribution < -0.4 is 10.1 Å². The first kappa shape index (κ1) is 20.9. The Hall–Kier alpha value is -2.84. The van der Waals surface area contributed by atoms with Crippen LogP contribution in [0.15, 0.2) is 59.6 Å². The maximum atomic E-state index is 12.9. The van der Waals surface area contributed by atoms with E-state index in [1.165, 1.54) is 11.8 Å². The summed E-state index contributed by atoms with van der Waals surface area (Å²) in [4.78, 5) is 31.6. The molecule has 1 aliphatic rings.